The normalized spacial score (nSPS) is 14.3. The summed E-state index contributed by atoms with van der Waals surface area (Å²) in [6.07, 6.45) is 1.28. The maximum atomic E-state index is 14.6. The lowest BCUT2D eigenvalue weighted by molar-refractivity contribution is 0.0516. The number of aromatic nitrogens is 2. The number of nitrogens with zero attached hydrogens (tertiary/aromatic N) is 3. The number of nitrogens with one attached hydrogen (secondary N) is 2. The highest BCUT2D eigenvalue weighted by Crippen LogP contribution is 2.37. The highest BCUT2D eigenvalue weighted by molar-refractivity contribution is 6.30. The standard InChI is InChI=1S/C27H33ClFN5O4/c1-27(2,3)38-26(35)30-15-16-8-10-34(11-9-16)25-32-21-14-23(37-5)22(36-4)13-18(21)24(33-25)31-20-7-6-17(28)12-19(20)29/h6-7,12-14,16H,8-11,15H2,1-5H3,(H,30,35)(H,31,32,33). The van der Waals surface area contributed by atoms with E-state index in [9.17, 15) is 9.18 Å². The molecule has 0 aliphatic carbocycles. The van der Waals surface area contributed by atoms with Crippen molar-refractivity contribution in [3.05, 3.63) is 41.2 Å². The molecule has 0 unspecified atom stereocenters. The summed E-state index contributed by atoms with van der Waals surface area (Å²) in [5.74, 6) is 1.80. The van der Waals surface area contributed by atoms with Gasteiger partial charge in [-0.05, 0) is 63.8 Å². The van der Waals surface area contributed by atoms with Gasteiger partial charge in [0, 0.05) is 36.1 Å². The van der Waals surface area contributed by atoms with Crippen LogP contribution in [0.2, 0.25) is 5.02 Å². The second kappa shape index (κ2) is 11.5. The number of carbonyl (C=O) groups is 1. The molecule has 1 fully saturated rings. The van der Waals surface area contributed by atoms with Crippen LogP contribution in [0.1, 0.15) is 33.6 Å². The van der Waals surface area contributed by atoms with Gasteiger partial charge >= 0.3 is 6.09 Å². The number of ether oxygens (including phenoxy) is 3. The number of rotatable bonds is 7. The van der Waals surface area contributed by atoms with Crippen molar-refractivity contribution in [3.63, 3.8) is 0 Å². The maximum Gasteiger partial charge on any atom is 0.407 e. The van der Waals surface area contributed by atoms with Gasteiger partial charge in [-0.25, -0.2) is 14.2 Å². The Labute approximate surface area is 226 Å². The van der Waals surface area contributed by atoms with E-state index in [4.69, 9.17) is 35.8 Å². The maximum absolute atomic E-state index is 14.6. The summed E-state index contributed by atoms with van der Waals surface area (Å²) in [6, 6.07) is 7.96. The van der Waals surface area contributed by atoms with Crippen molar-refractivity contribution in [1.82, 2.24) is 15.3 Å². The van der Waals surface area contributed by atoms with E-state index >= 15 is 0 Å². The summed E-state index contributed by atoms with van der Waals surface area (Å²) in [6.45, 7) is 7.46. The van der Waals surface area contributed by atoms with Gasteiger partial charge in [-0.3, -0.25) is 0 Å². The van der Waals surface area contributed by atoms with Gasteiger partial charge in [0.05, 0.1) is 25.4 Å². The van der Waals surface area contributed by atoms with E-state index in [1.54, 1.807) is 38.5 Å². The Bertz CT molecular complexity index is 1310. The number of piperidine rings is 1. The molecule has 3 aromatic rings. The van der Waals surface area contributed by atoms with Gasteiger partial charge in [-0.1, -0.05) is 11.6 Å². The van der Waals surface area contributed by atoms with Crippen LogP contribution in [0.15, 0.2) is 30.3 Å². The predicted octanol–water partition coefficient (Wildman–Crippen LogP) is 5.92. The Balaban J connectivity index is 1.57. The number of fused-ring (bicyclic) bond motifs is 1. The molecule has 0 saturated carbocycles. The first-order valence-corrected chi connectivity index (χ1v) is 12.8. The molecule has 11 heteroatoms. The van der Waals surface area contributed by atoms with Crippen molar-refractivity contribution in [2.45, 2.75) is 39.2 Å². The van der Waals surface area contributed by atoms with Gasteiger partial charge in [0.15, 0.2) is 11.5 Å². The lowest BCUT2D eigenvalue weighted by Crippen LogP contribution is -2.40. The fourth-order valence-electron chi connectivity index (χ4n) is 4.28. The summed E-state index contributed by atoms with van der Waals surface area (Å²) in [5.41, 5.74) is 0.328. The fourth-order valence-corrected chi connectivity index (χ4v) is 4.44. The minimum absolute atomic E-state index is 0.238. The Hall–Kier alpha value is -3.53. The Morgan fingerprint density at radius 3 is 2.42 bits per heavy atom. The topological polar surface area (TPSA) is 97.8 Å². The number of carbonyl (C=O) groups excluding carboxylic acids is 1. The third kappa shape index (κ3) is 6.66. The van der Waals surface area contributed by atoms with Crippen LogP contribution in [0, 0.1) is 11.7 Å². The third-order valence-electron chi connectivity index (χ3n) is 6.20. The summed E-state index contributed by atoms with van der Waals surface area (Å²) < 4.78 is 30.9. The number of methoxy groups -OCH3 is 2. The molecule has 0 atom stereocenters. The first-order valence-electron chi connectivity index (χ1n) is 12.4. The molecule has 2 aromatic carbocycles. The highest BCUT2D eigenvalue weighted by atomic mass is 35.5. The average Bonchev–Trinajstić information content (AvgIpc) is 2.87. The molecular weight excluding hydrogens is 513 g/mol. The Morgan fingerprint density at radius 1 is 1.11 bits per heavy atom. The predicted molar refractivity (Wildman–Crippen MR) is 147 cm³/mol. The van der Waals surface area contributed by atoms with E-state index in [2.05, 4.69) is 15.5 Å². The number of hydrogen-bond acceptors (Lipinski definition) is 8. The second-order valence-corrected chi connectivity index (χ2v) is 10.6. The molecule has 204 valence electrons. The van der Waals surface area contributed by atoms with Crippen LogP contribution >= 0.6 is 11.6 Å². The number of alkyl carbamates (subject to hydrolysis) is 1. The number of halogens is 2. The quantitative estimate of drug-likeness (QED) is 0.377. The first-order chi connectivity index (χ1) is 18.1. The van der Waals surface area contributed by atoms with E-state index in [1.165, 1.54) is 6.07 Å². The van der Waals surface area contributed by atoms with Gasteiger partial charge in [0.1, 0.15) is 17.2 Å². The van der Waals surface area contributed by atoms with Gasteiger partial charge in [0.25, 0.3) is 0 Å². The number of hydrogen-bond donors (Lipinski definition) is 2. The molecule has 1 saturated heterocycles. The van der Waals surface area contributed by atoms with Crippen LogP contribution in [-0.4, -0.2) is 55.5 Å². The van der Waals surface area contributed by atoms with Crippen LogP contribution in [0.5, 0.6) is 11.5 Å². The third-order valence-corrected chi connectivity index (χ3v) is 6.44. The van der Waals surface area contributed by atoms with Crippen LogP contribution in [0.4, 0.5) is 26.6 Å². The Morgan fingerprint density at radius 2 is 1.79 bits per heavy atom. The smallest absolute Gasteiger partial charge is 0.407 e. The fraction of sp³-hybridized carbons (Fsp3) is 0.444. The van der Waals surface area contributed by atoms with Crippen LogP contribution < -0.4 is 25.0 Å². The van der Waals surface area contributed by atoms with Crippen molar-refractivity contribution < 1.29 is 23.4 Å². The lowest BCUT2D eigenvalue weighted by atomic mass is 9.97. The number of amides is 1. The monoisotopic (exact) mass is 545 g/mol. The van der Waals surface area contributed by atoms with E-state index in [0.717, 1.165) is 12.8 Å². The molecule has 2 heterocycles. The molecule has 1 amide bonds. The second-order valence-electron chi connectivity index (χ2n) is 10.2. The van der Waals surface area contributed by atoms with E-state index in [1.807, 2.05) is 20.8 Å². The van der Waals surface area contributed by atoms with Gasteiger partial charge in [0.2, 0.25) is 5.95 Å². The van der Waals surface area contributed by atoms with E-state index < -0.39 is 17.5 Å². The Kier molecular flexibility index (Phi) is 8.30. The molecule has 1 aliphatic heterocycles. The van der Waals surface area contributed by atoms with E-state index in [-0.39, 0.29) is 5.69 Å². The lowest BCUT2D eigenvalue weighted by Gasteiger charge is -2.32. The largest absolute Gasteiger partial charge is 0.493 e. The van der Waals surface area contributed by atoms with Gasteiger partial charge in [-0.15, -0.1) is 0 Å². The summed E-state index contributed by atoms with van der Waals surface area (Å²) in [5, 5.41) is 6.92. The summed E-state index contributed by atoms with van der Waals surface area (Å²) in [4.78, 5) is 23.7. The van der Waals surface area contributed by atoms with Gasteiger partial charge < -0.3 is 29.7 Å². The molecule has 4 rings (SSSR count). The van der Waals surface area contributed by atoms with Crippen LogP contribution in [0.25, 0.3) is 10.9 Å². The molecule has 9 nitrogen and oxygen atoms in total. The number of anilines is 3. The van der Waals surface area contributed by atoms with Crippen molar-refractivity contribution >= 4 is 46.1 Å². The summed E-state index contributed by atoms with van der Waals surface area (Å²) in [7, 11) is 3.11. The molecule has 38 heavy (non-hydrogen) atoms. The van der Waals surface area contributed by atoms with Crippen molar-refractivity contribution in [3.8, 4) is 11.5 Å². The zero-order valence-corrected chi connectivity index (χ0v) is 23.0. The minimum atomic E-state index is -0.533. The molecular formula is C27H33ClFN5O4. The zero-order valence-electron chi connectivity index (χ0n) is 22.2. The molecule has 2 N–H and O–H groups in total. The van der Waals surface area contributed by atoms with Crippen molar-refractivity contribution in [2.24, 2.45) is 5.92 Å². The molecule has 1 aliphatic rings. The molecule has 0 spiro atoms. The number of benzene rings is 2. The molecule has 1 aromatic heterocycles. The molecule has 0 bridgehead atoms. The zero-order chi connectivity index (χ0) is 27.4. The SMILES string of the molecule is COc1cc2nc(N3CCC(CNC(=O)OC(C)(C)C)CC3)nc(Nc3ccc(Cl)cc3F)c2cc1OC. The average molecular weight is 546 g/mol. The van der Waals surface area contributed by atoms with Crippen LogP contribution in [0.3, 0.4) is 0 Å². The highest BCUT2D eigenvalue weighted by Gasteiger charge is 2.24. The van der Waals surface area contributed by atoms with Gasteiger partial charge in [-0.2, -0.15) is 4.98 Å². The summed E-state index contributed by atoms with van der Waals surface area (Å²) >= 11 is 5.93. The van der Waals surface area contributed by atoms with Crippen molar-refractivity contribution in [2.75, 3.05) is 44.1 Å². The molecule has 0 radical (unpaired) electrons. The van der Waals surface area contributed by atoms with Crippen molar-refractivity contribution in [1.29, 1.82) is 0 Å². The van der Waals surface area contributed by atoms with E-state index in [0.29, 0.717) is 64.7 Å². The minimum Gasteiger partial charge on any atom is -0.493 e. The first kappa shape index (κ1) is 27.5. The van der Waals surface area contributed by atoms with Crippen LogP contribution in [-0.2, 0) is 4.74 Å².